The van der Waals surface area contributed by atoms with E-state index in [4.69, 9.17) is 4.74 Å². The van der Waals surface area contributed by atoms with Crippen molar-refractivity contribution in [2.24, 2.45) is 0 Å². The standard InChI is InChI=1S/C10H11NO2.H2/c1-7-2-3-8-5-13-6-10(12)11-9(8)4-7;/h2-4H,5-6H2,1H3,(H,11,12);1H. The molecule has 1 aromatic carbocycles. The number of fused-ring (bicyclic) bond motifs is 1. The molecule has 0 bridgehead atoms. The van der Waals surface area contributed by atoms with Gasteiger partial charge in [-0.05, 0) is 18.6 Å². The van der Waals surface area contributed by atoms with E-state index in [1.165, 1.54) is 0 Å². The summed E-state index contributed by atoms with van der Waals surface area (Å²) in [5.41, 5.74) is 3.06. The number of hydrogen-bond acceptors (Lipinski definition) is 2. The SMILES string of the molecule is Cc1ccc2c(c1)NC(=O)COC2.[HH]. The molecule has 0 fully saturated rings. The Morgan fingerprint density at radius 3 is 3.15 bits per heavy atom. The molecule has 1 heterocycles. The van der Waals surface area contributed by atoms with Gasteiger partial charge in [-0.2, -0.15) is 0 Å². The fourth-order valence-corrected chi connectivity index (χ4v) is 1.37. The van der Waals surface area contributed by atoms with E-state index in [1.807, 2.05) is 25.1 Å². The van der Waals surface area contributed by atoms with Gasteiger partial charge in [0.25, 0.3) is 0 Å². The van der Waals surface area contributed by atoms with Gasteiger partial charge in [0.05, 0.1) is 6.61 Å². The molecule has 1 amide bonds. The van der Waals surface area contributed by atoms with Crippen molar-refractivity contribution >= 4 is 11.6 Å². The van der Waals surface area contributed by atoms with Crippen LogP contribution in [0.3, 0.4) is 0 Å². The highest BCUT2D eigenvalue weighted by atomic mass is 16.5. The lowest BCUT2D eigenvalue weighted by Gasteiger charge is -2.05. The maximum atomic E-state index is 11.1. The number of amides is 1. The first-order valence-corrected chi connectivity index (χ1v) is 4.23. The summed E-state index contributed by atoms with van der Waals surface area (Å²) in [7, 11) is 0. The Balaban J connectivity index is 0.000000980. The lowest BCUT2D eigenvalue weighted by atomic mass is 10.1. The highest BCUT2D eigenvalue weighted by molar-refractivity contribution is 5.93. The number of hydrogen-bond donors (Lipinski definition) is 1. The van der Waals surface area contributed by atoms with E-state index >= 15 is 0 Å². The van der Waals surface area contributed by atoms with Crippen molar-refractivity contribution in [2.45, 2.75) is 13.5 Å². The minimum atomic E-state index is -0.0793. The molecule has 3 heteroatoms. The molecular weight excluding hydrogens is 166 g/mol. The number of carbonyl (C=O) groups is 1. The summed E-state index contributed by atoms with van der Waals surface area (Å²) < 4.78 is 5.16. The number of anilines is 1. The molecule has 0 radical (unpaired) electrons. The van der Waals surface area contributed by atoms with Crippen molar-refractivity contribution in [3.05, 3.63) is 29.3 Å². The molecule has 1 aliphatic heterocycles. The van der Waals surface area contributed by atoms with E-state index in [0.717, 1.165) is 16.8 Å². The van der Waals surface area contributed by atoms with Gasteiger partial charge in [0.1, 0.15) is 6.61 Å². The molecule has 0 spiro atoms. The molecular formula is C10H13NO2. The van der Waals surface area contributed by atoms with Crippen molar-refractivity contribution < 1.29 is 11.0 Å². The molecule has 1 N–H and O–H groups in total. The van der Waals surface area contributed by atoms with E-state index < -0.39 is 0 Å². The minimum absolute atomic E-state index is 0. The predicted molar refractivity (Wildman–Crippen MR) is 51.6 cm³/mol. The second-order valence-corrected chi connectivity index (χ2v) is 3.20. The van der Waals surface area contributed by atoms with Crippen molar-refractivity contribution in [3.63, 3.8) is 0 Å². The fourth-order valence-electron chi connectivity index (χ4n) is 1.37. The molecule has 13 heavy (non-hydrogen) atoms. The third-order valence-corrected chi connectivity index (χ3v) is 2.03. The summed E-state index contributed by atoms with van der Waals surface area (Å²) in [6.45, 7) is 2.65. The zero-order valence-electron chi connectivity index (χ0n) is 7.46. The van der Waals surface area contributed by atoms with E-state index in [2.05, 4.69) is 5.32 Å². The van der Waals surface area contributed by atoms with Crippen LogP contribution < -0.4 is 5.32 Å². The van der Waals surface area contributed by atoms with Crippen LogP contribution in [0.4, 0.5) is 5.69 Å². The Bertz CT molecular complexity index is 352. The molecule has 70 valence electrons. The van der Waals surface area contributed by atoms with Gasteiger partial charge >= 0.3 is 0 Å². The van der Waals surface area contributed by atoms with Crippen molar-refractivity contribution in [1.29, 1.82) is 0 Å². The Labute approximate surface area is 78.2 Å². The molecule has 0 aliphatic carbocycles. The van der Waals surface area contributed by atoms with Crippen LogP contribution in [-0.2, 0) is 16.1 Å². The maximum absolute atomic E-state index is 11.1. The average molecular weight is 179 g/mol. The first-order valence-electron chi connectivity index (χ1n) is 4.23. The normalized spacial score (nSPS) is 15.9. The van der Waals surface area contributed by atoms with Crippen LogP contribution in [0, 0.1) is 6.92 Å². The van der Waals surface area contributed by atoms with Crippen LogP contribution >= 0.6 is 0 Å². The highest BCUT2D eigenvalue weighted by Crippen LogP contribution is 2.20. The van der Waals surface area contributed by atoms with Crippen molar-refractivity contribution in [3.8, 4) is 0 Å². The second kappa shape index (κ2) is 3.18. The number of aryl methyl sites for hydroxylation is 1. The summed E-state index contributed by atoms with van der Waals surface area (Å²) >= 11 is 0. The largest absolute Gasteiger partial charge is 0.367 e. The summed E-state index contributed by atoms with van der Waals surface area (Å²) in [6, 6.07) is 5.96. The highest BCUT2D eigenvalue weighted by Gasteiger charge is 2.12. The smallest absolute Gasteiger partial charge is 0.250 e. The molecule has 0 atom stereocenters. The van der Waals surface area contributed by atoms with Gasteiger partial charge in [-0.15, -0.1) is 0 Å². The average Bonchev–Trinajstić information content (AvgIpc) is 2.25. The predicted octanol–water partition coefficient (Wildman–Crippen LogP) is 1.71. The molecule has 1 aliphatic rings. The lowest BCUT2D eigenvalue weighted by molar-refractivity contribution is -0.120. The zero-order valence-corrected chi connectivity index (χ0v) is 7.46. The molecule has 0 unspecified atom stereocenters. The van der Waals surface area contributed by atoms with Crippen LogP contribution in [-0.4, -0.2) is 12.5 Å². The van der Waals surface area contributed by atoms with E-state index in [-0.39, 0.29) is 13.9 Å². The Hall–Kier alpha value is -1.35. The van der Waals surface area contributed by atoms with Gasteiger partial charge in [-0.25, -0.2) is 0 Å². The van der Waals surface area contributed by atoms with Gasteiger partial charge in [0, 0.05) is 12.7 Å². The first kappa shape index (κ1) is 8.26. The van der Waals surface area contributed by atoms with Gasteiger partial charge in [0.15, 0.2) is 0 Å². The summed E-state index contributed by atoms with van der Waals surface area (Å²) in [6.07, 6.45) is 0. The Morgan fingerprint density at radius 1 is 1.46 bits per heavy atom. The first-order chi connectivity index (χ1) is 6.25. The molecule has 0 aromatic heterocycles. The van der Waals surface area contributed by atoms with Gasteiger partial charge in [0.2, 0.25) is 5.91 Å². The molecule has 3 nitrogen and oxygen atoms in total. The monoisotopic (exact) mass is 179 g/mol. The number of ether oxygens (including phenoxy) is 1. The van der Waals surface area contributed by atoms with Crippen molar-refractivity contribution in [2.75, 3.05) is 11.9 Å². The van der Waals surface area contributed by atoms with Gasteiger partial charge in [-0.1, -0.05) is 12.1 Å². The third-order valence-electron chi connectivity index (χ3n) is 2.03. The topological polar surface area (TPSA) is 38.3 Å². The molecule has 2 rings (SSSR count). The summed E-state index contributed by atoms with van der Waals surface area (Å²) in [5.74, 6) is -0.0793. The van der Waals surface area contributed by atoms with Crippen LogP contribution in [0.5, 0.6) is 0 Å². The number of carbonyl (C=O) groups excluding carboxylic acids is 1. The quantitative estimate of drug-likeness (QED) is 0.658. The van der Waals surface area contributed by atoms with Crippen LogP contribution in [0.1, 0.15) is 12.6 Å². The summed E-state index contributed by atoms with van der Waals surface area (Å²) in [5, 5.41) is 2.80. The van der Waals surface area contributed by atoms with Crippen LogP contribution in [0.25, 0.3) is 0 Å². The lowest BCUT2D eigenvalue weighted by Crippen LogP contribution is -2.14. The minimum Gasteiger partial charge on any atom is -0.367 e. The van der Waals surface area contributed by atoms with E-state index in [1.54, 1.807) is 0 Å². The Kier molecular flexibility index (Phi) is 2.02. The van der Waals surface area contributed by atoms with Crippen LogP contribution in [0.15, 0.2) is 18.2 Å². The number of benzene rings is 1. The van der Waals surface area contributed by atoms with Crippen LogP contribution in [0.2, 0.25) is 0 Å². The van der Waals surface area contributed by atoms with Gasteiger partial charge in [-0.3, -0.25) is 4.79 Å². The zero-order chi connectivity index (χ0) is 9.26. The molecule has 1 aromatic rings. The number of rotatable bonds is 0. The maximum Gasteiger partial charge on any atom is 0.250 e. The number of nitrogens with one attached hydrogen (secondary N) is 1. The third kappa shape index (κ3) is 1.70. The second-order valence-electron chi connectivity index (χ2n) is 3.20. The summed E-state index contributed by atoms with van der Waals surface area (Å²) in [4.78, 5) is 11.1. The Morgan fingerprint density at radius 2 is 2.31 bits per heavy atom. The van der Waals surface area contributed by atoms with E-state index in [9.17, 15) is 4.79 Å². The molecule has 0 saturated carbocycles. The van der Waals surface area contributed by atoms with Crippen molar-refractivity contribution in [1.82, 2.24) is 0 Å². The molecule has 0 saturated heterocycles. The van der Waals surface area contributed by atoms with Gasteiger partial charge < -0.3 is 10.1 Å². The van der Waals surface area contributed by atoms with E-state index in [0.29, 0.717) is 6.61 Å². The fraction of sp³-hybridized carbons (Fsp3) is 0.300.